The Kier molecular flexibility index (Phi) is 5.46. The zero-order valence-corrected chi connectivity index (χ0v) is 14.5. The average molecular weight is 396 g/mol. The second-order valence-corrected chi connectivity index (χ2v) is 6.10. The third-order valence-corrected chi connectivity index (χ3v) is 4.05. The van der Waals surface area contributed by atoms with Gasteiger partial charge >= 0.3 is 6.18 Å². The fraction of sp³-hybridized carbons (Fsp3) is 0.167. The van der Waals surface area contributed by atoms with Gasteiger partial charge in [-0.1, -0.05) is 17.7 Å². The van der Waals surface area contributed by atoms with E-state index in [1.54, 1.807) is 24.3 Å². The molecule has 0 amide bonds. The third-order valence-electron chi connectivity index (χ3n) is 3.79. The SMILES string of the molecule is O=CC(Cn1cncn1)c1ccc(Oc2ccc(Cl)cc2)cc1C(F)(F)F. The van der Waals surface area contributed by atoms with Crippen LogP contribution in [0.2, 0.25) is 5.02 Å². The van der Waals surface area contributed by atoms with Crippen molar-refractivity contribution < 1.29 is 22.7 Å². The van der Waals surface area contributed by atoms with E-state index in [4.69, 9.17) is 16.3 Å². The van der Waals surface area contributed by atoms with Crippen LogP contribution in [0.5, 0.6) is 11.5 Å². The summed E-state index contributed by atoms with van der Waals surface area (Å²) in [6.45, 7) is -0.0516. The smallest absolute Gasteiger partial charge is 0.416 e. The fourth-order valence-corrected chi connectivity index (χ4v) is 2.68. The van der Waals surface area contributed by atoms with Crippen molar-refractivity contribution in [2.75, 3.05) is 0 Å². The van der Waals surface area contributed by atoms with Crippen LogP contribution in [-0.2, 0) is 17.5 Å². The maximum absolute atomic E-state index is 13.6. The van der Waals surface area contributed by atoms with Crippen molar-refractivity contribution in [1.82, 2.24) is 14.8 Å². The molecule has 0 saturated heterocycles. The van der Waals surface area contributed by atoms with Gasteiger partial charge in [0.1, 0.15) is 30.4 Å². The molecule has 0 aliphatic carbocycles. The van der Waals surface area contributed by atoms with Crippen LogP contribution in [0.4, 0.5) is 13.2 Å². The van der Waals surface area contributed by atoms with Crippen LogP contribution in [0.25, 0.3) is 0 Å². The lowest BCUT2D eigenvalue weighted by atomic mass is 9.94. The van der Waals surface area contributed by atoms with Gasteiger partial charge in [-0.05, 0) is 42.0 Å². The molecule has 2 aromatic carbocycles. The molecule has 0 bridgehead atoms. The number of nitrogens with zero attached hydrogens (tertiary/aromatic N) is 3. The number of hydrogen-bond donors (Lipinski definition) is 0. The van der Waals surface area contributed by atoms with Crippen molar-refractivity contribution in [2.24, 2.45) is 0 Å². The van der Waals surface area contributed by atoms with E-state index in [2.05, 4.69) is 10.1 Å². The lowest BCUT2D eigenvalue weighted by Gasteiger charge is -2.19. The number of benzene rings is 2. The molecule has 0 fully saturated rings. The highest BCUT2D eigenvalue weighted by atomic mass is 35.5. The van der Waals surface area contributed by atoms with E-state index in [9.17, 15) is 18.0 Å². The van der Waals surface area contributed by atoms with Crippen LogP contribution in [0, 0.1) is 0 Å². The number of rotatable bonds is 6. The van der Waals surface area contributed by atoms with Crippen molar-refractivity contribution in [1.29, 1.82) is 0 Å². The number of halogens is 4. The Bertz CT molecular complexity index is 913. The number of alkyl halides is 3. The van der Waals surface area contributed by atoms with Gasteiger partial charge < -0.3 is 9.53 Å². The summed E-state index contributed by atoms with van der Waals surface area (Å²) in [5.41, 5.74) is -1.09. The van der Waals surface area contributed by atoms with Gasteiger partial charge in [-0.25, -0.2) is 4.98 Å². The zero-order valence-electron chi connectivity index (χ0n) is 13.7. The summed E-state index contributed by atoms with van der Waals surface area (Å²) in [6.07, 6.45) is -1.61. The summed E-state index contributed by atoms with van der Waals surface area (Å²) in [6, 6.07) is 9.72. The number of carbonyl (C=O) groups excluding carboxylic acids is 1. The van der Waals surface area contributed by atoms with Gasteiger partial charge in [0, 0.05) is 5.02 Å². The van der Waals surface area contributed by atoms with E-state index in [-0.39, 0.29) is 17.9 Å². The predicted octanol–water partition coefficient (Wildman–Crippen LogP) is 4.73. The average Bonchev–Trinajstić information content (AvgIpc) is 3.14. The molecular formula is C18H13ClF3N3O2. The number of aromatic nitrogens is 3. The zero-order chi connectivity index (χ0) is 19.4. The molecule has 1 atom stereocenters. The van der Waals surface area contributed by atoms with E-state index in [1.807, 2.05) is 0 Å². The number of ether oxygens (including phenoxy) is 1. The van der Waals surface area contributed by atoms with Crippen molar-refractivity contribution >= 4 is 17.9 Å². The number of aldehydes is 1. The Hall–Kier alpha value is -2.87. The molecule has 1 unspecified atom stereocenters. The lowest BCUT2D eigenvalue weighted by Crippen LogP contribution is -2.17. The molecule has 9 heteroatoms. The summed E-state index contributed by atoms with van der Waals surface area (Å²) in [5, 5.41) is 4.31. The van der Waals surface area contributed by atoms with Crippen LogP contribution >= 0.6 is 11.6 Å². The second kappa shape index (κ2) is 7.79. The molecular weight excluding hydrogens is 383 g/mol. The Morgan fingerprint density at radius 3 is 2.44 bits per heavy atom. The molecule has 3 aromatic rings. The molecule has 27 heavy (non-hydrogen) atoms. The number of carbonyl (C=O) groups is 1. The summed E-state index contributed by atoms with van der Waals surface area (Å²) in [7, 11) is 0. The Balaban J connectivity index is 1.93. The van der Waals surface area contributed by atoms with Crippen molar-refractivity contribution in [3.8, 4) is 11.5 Å². The van der Waals surface area contributed by atoms with Crippen LogP contribution < -0.4 is 4.74 Å². The fourth-order valence-electron chi connectivity index (χ4n) is 2.55. The highest BCUT2D eigenvalue weighted by molar-refractivity contribution is 6.30. The Morgan fingerprint density at radius 2 is 1.85 bits per heavy atom. The van der Waals surface area contributed by atoms with Crippen LogP contribution in [0.15, 0.2) is 55.1 Å². The van der Waals surface area contributed by atoms with E-state index < -0.39 is 17.7 Å². The molecule has 0 N–H and O–H groups in total. The molecule has 1 heterocycles. The maximum atomic E-state index is 13.6. The lowest BCUT2D eigenvalue weighted by molar-refractivity contribution is -0.138. The molecule has 5 nitrogen and oxygen atoms in total. The van der Waals surface area contributed by atoms with Gasteiger partial charge in [-0.3, -0.25) is 4.68 Å². The Morgan fingerprint density at radius 1 is 1.15 bits per heavy atom. The maximum Gasteiger partial charge on any atom is 0.416 e. The third kappa shape index (κ3) is 4.65. The normalized spacial score (nSPS) is 12.6. The van der Waals surface area contributed by atoms with Crippen LogP contribution in [0.3, 0.4) is 0 Å². The highest BCUT2D eigenvalue weighted by Gasteiger charge is 2.36. The van der Waals surface area contributed by atoms with Crippen molar-refractivity contribution in [3.63, 3.8) is 0 Å². The van der Waals surface area contributed by atoms with Gasteiger partial charge in [0.05, 0.1) is 18.0 Å². The van der Waals surface area contributed by atoms with E-state index in [0.29, 0.717) is 17.1 Å². The number of hydrogen-bond acceptors (Lipinski definition) is 4. The first-order valence-electron chi connectivity index (χ1n) is 7.79. The van der Waals surface area contributed by atoms with Gasteiger partial charge in [-0.2, -0.15) is 18.3 Å². The first-order valence-corrected chi connectivity index (χ1v) is 8.17. The predicted molar refractivity (Wildman–Crippen MR) is 91.8 cm³/mol. The van der Waals surface area contributed by atoms with Crippen LogP contribution in [0.1, 0.15) is 17.0 Å². The molecule has 0 aliphatic heterocycles. The van der Waals surface area contributed by atoms with Gasteiger partial charge in [-0.15, -0.1) is 0 Å². The van der Waals surface area contributed by atoms with E-state index >= 15 is 0 Å². The summed E-state index contributed by atoms with van der Waals surface area (Å²) < 4.78 is 47.5. The second-order valence-electron chi connectivity index (χ2n) is 5.66. The summed E-state index contributed by atoms with van der Waals surface area (Å²) in [4.78, 5) is 15.2. The van der Waals surface area contributed by atoms with Gasteiger partial charge in [0.15, 0.2) is 0 Å². The van der Waals surface area contributed by atoms with E-state index in [1.165, 1.54) is 29.5 Å². The minimum absolute atomic E-state index is 0.00111. The summed E-state index contributed by atoms with van der Waals surface area (Å²) >= 11 is 5.78. The molecule has 0 spiro atoms. The first kappa shape index (κ1) is 18.9. The molecule has 140 valence electrons. The quantitative estimate of drug-likeness (QED) is 0.566. The van der Waals surface area contributed by atoms with Crippen molar-refractivity contribution in [3.05, 3.63) is 71.3 Å². The van der Waals surface area contributed by atoms with Gasteiger partial charge in [0.2, 0.25) is 0 Å². The molecule has 0 radical (unpaired) electrons. The molecule has 0 saturated carbocycles. The highest BCUT2D eigenvalue weighted by Crippen LogP contribution is 2.38. The topological polar surface area (TPSA) is 57.0 Å². The molecule has 3 rings (SSSR count). The first-order chi connectivity index (χ1) is 12.9. The van der Waals surface area contributed by atoms with Crippen molar-refractivity contribution in [2.45, 2.75) is 18.6 Å². The van der Waals surface area contributed by atoms with Crippen LogP contribution in [-0.4, -0.2) is 21.1 Å². The minimum Gasteiger partial charge on any atom is -0.457 e. The minimum atomic E-state index is -4.65. The standard InChI is InChI=1S/C18H13ClF3N3O2/c19-13-1-3-14(4-2-13)27-15-5-6-16(17(7-15)18(20,21)22)12(9-26)8-25-11-23-10-24-25/h1-7,9-12H,8H2. The Labute approximate surface area is 157 Å². The molecule has 1 aromatic heterocycles. The van der Waals surface area contributed by atoms with E-state index in [0.717, 1.165) is 6.07 Å². The largest absolute Gasteiger partial charge is 0.457 e. The van der Waals surface area contributed by atoms with Gasteiger partial charge in [0.25, 0.3) is 0 Å². The monoisotopic (exact) mass is 395 g/mol. The molecule has 0 aliphatic rings. The summed E-state index contributed by atoms with van der Waals surface area (Å²) in [5.74, 6) is -0.693.